The minimum Gasteiger partial charge on any atom is -0.485 e. The fourth-order valence-electron chi connectivity index (χ4n) is 3.65. The number of aliphatic hydroxyl groups excluding tert-OH is 1. The van der Waals surface area contributed by atoms with E-state index < -0.39 is 17.7 Å². The summed E-state index contributed by atoms with van der Waals surface area (Å²) in [5.41, 5.74) is 7.68. The number of carbonyl (C=O) groups excluding carboxylic acids is 1. The molecule has 0 radical (unpaired) electrons. The molecule has 1 aliphatic rings. The summed E-state index contributed by atoms with van der Waals surface area (Å²) in [5, 5.41) is 20.6. The van der Waals surface area contributed by atoms with Gasteiger partial charge in [0.05, 0.1) is 24.2 Å². The summed E-state index contributed by atoms with van der Waals surface area (Å²) in [6.07, 6.45) is 0.480. The van der Waals surface area contributed by atoms with Crippen LogP contribution in [-0.2, 0) is 4.79 Å². The molecule has 3 N–H and O–H groups in total. The Balaban J connectivity index is 2.17. The number of nitriles is 1. The second-order valence-corrected chi connectivity index (χ2v) is 7.75. The first-order valence-corrected chi connectivity index (χ1v) is 9.42. The monoisotopic (exact) mass is 391 g/mol. The molecule has 2 aromatic carbocycles. The number of carbonyl (C=O) groups is 1. The number of aliphatic hydroxyl groups is 1. The van der Waals surface area contributed by atoms with Crippen LogP contribution in [-0.4, -0.2) is 29.1 Å². The first kappa shape index (κ1) is 20.4. The molecular formula is C23H25N3O3. The minimum atomic E-state index is -0.908. The van der Waals surface area contributed by atoms with E-state index in [9.17, 15) is 15.2 Å². The Morgan fingerprint density at radius 3 is 2.62 bits per heavy atom. The van der Waals surface area contributed by atoms with Gasteiger partial charge in [0.25, 0.3) is 0 Å². The Bertz CT molecular complexity index is 977. The molecule has 150 valence electrons. The lowest BCUT2D eigenvalue weighted by Crippen LogP contribution is -2.54. The van der Waals surface area contributed by atoms with Crippen LogP contribution in [0, 0.1) is 11.3 Å². The third-order valence-corrected chi connectivity index (χ3v) is 5.01. The molecule has 6 heteroatoms. The molecule has 6 nitrogen and oxygen atoms in total. The molecule has 0 aliphatic carbocycles. The van der Waals surface area contributed by atoms with Gasteiger partial charge in [0, 0.05) is 23.0 Å². The van der Waals surface area contributed by atoms with Crippen LogP contribution >= 0.6 is 0 Å². The van der Waals surface area contributed by atoms with E-state index in [1.165, 1.54) is 13.0 Å². The summed E-state index contributed by atoms with van der Waals surface area (Å²) in [6, 6.07) is 16.4. The van der Waals surface area contributed by atoms with Gasteiger partial charge in [-0.05, 0) is 51.1 Å². The largest absolute Gasteiger partial charge is 0.485 e. The zero-order chi connectivity index (χ0) is 21.2. The highest BCUT2D eigenvalue weighted by Gasteiger charge is 2.45. The van der Waals surface area contributed by atoms with Gasteiger partial charge >= 0.3 is 0 Å². The second-order valence-electron chi connectivity index (χ2n) is 7.75. The van der Waals surface area contributed by atoms with Gasteiger partial charge in [0.1, 0.15) is 17.5 Å². The van der Waals surface area contributed by atoms with Crippen molar-refractivity contribution in [2.45, 2.75) is 38.5 Å². The van der Waals surface area contributed by atoms with Gasteiger partial charge in [-0.2, -0.15) is 5.26 Å². The van der Waals surface area contributed by atoms with Crippen molar-refractivity contribution >= 4 is 11.5 Å². The molecule has 0 fully saturated rings. The fourth-order valence-corrected chi connectivity index (χ4v) is 3.65. The van der Waals surface area contributed by atoms with Crippen LogP contribution < -0.4 is 15.4 Å². The van der Waals surface area contributed by atoms with Crippen molar-refractivity contribution < 1.29 is 14.6 Å². The Morgan fingerprint density at radius 2 is 2.00 bits per heavy atom. The molecule has 3 rings (SSSR count). The van der Waals surface area contributed by atoms with Gasteiger partial charge < -0.3 is 20.5 Å². The Kier molecular flexibility index (Phi) is 5.62. The van der Waals surface area contributed by atoms with Crippen LogP contribution in [0.15, 0.2) is 60.3 Å². The lowest BCUT2D eigenvalue weighted by atomic mass is 9.84. The third-order valence-electron chi connectivity index (χ3n) is 5.01. The van der Waals surface area contributed by atoms with Crippen LogP contribution in [0.4, 0.5) is 5.69 Å². The Hall–Kier alpha value is -3.30. The van der Waals surface area contributed by atoms with Crippen molar-refractivity contribution in [1.29, 1.82) is 5.26 Å². The number of hydrogen-bond acceptors (Lipinski definition) is 6. The summed E-state index contributed by atoms with van der Waals surface area (Å²) in [7, 11) is 0. The predicted octanol–water partition coefficient (Wildman–Crippen LogP) is 3.07. The van der Waals surface area contributed by atoms with Gasteiger partial charge in [-0.1, -0.05) is 18.2 Å². The quantitative estimate of drug-likeness (QED) is 0.760. The number of nitrogens with zero attached hydrogens (tertiary/aromatic N) is 2. The number of allylic oxidation sites excluding steroid dienone is 1. The lowest BCUT2D eigenvalue weighted by Gasteiger charge is -2.47. The maximum atomic E-state index is 11.5. The zero-order valence-electron chi connectivity index (χ0n) is 16.8. The number of rotatable bonds is 5. The van der Waals surface area contributed by atoms with E-state index in [0.717, 1.165) is 5.69 Å². The van der Waals surface area contributed by atoms with Gasteiger partial charge in [-0.15, -0.1) is 0 Å². The molecule has 0 amide bonds. The molecule has 0 spiro atoms. The van der Waals surface area contributed by atoms with E-state index in [2.05, 4.69) is 6.07 Å². The van der Waals surface area contributed by atoms with Crippen molar-refractivity contribution in [1.82, 2.24) is 0 Å². The van der Waals surface area contributed by atoms with Gasteiger partial charge in [0.2, 0.25) is 0 Å². The molecule has 2 aromatic rings. The number of ether oxygens (including phenoxy) is 1. The van der Waals surface area contributed by atoms with E-state index in [1.54, 1.807) is 18.2 Å². The zero-order valence-corrected chi connectivity index (χ0v) is 16.8. The molecular weight excluding hydrogens is 366 g/mol. The molecule has 0 saturated carbocycles. The Morgan fingerprint density at radius 1 is 1.31 bits per heavy atom. The Labute approximate surface area is 170 Å². The van der Waals surface area contributed by atoms with Gasteiger partial charge in [-0.3, -0.25) is 4.79 Å². The van der Waals surface area contributed by atoms with Crippen molar-refractivity contribution in [3.05, 3.63) is 71.4 Å². The highest BCUT2D eigenvalue weighted by Crippen LogP contribution is 2.44. The maximum Gasteiger partial charge on any atom is 0.154 e. The van der Waals surface area contributed by atoms with Crippen molar-refractivity contribution in [3.63, 3.8) is 0 Å². The van der Waals surface area contributed by atoms with E-state index in [-0.39, 0.29) is 12.3 Å². The van der Waals surface area contributed by atoms with E-state index in [4.69, 9.17) is 10.5 Å². The molecule has 1 heterocycles. The summed E-state index contributed by atoms with van der Waals surface area (Å²) in [5.74, 6) is 0.467. The van der Waals surface area contributed by atoms with Crippen LogP contribution in [0.3, 0.4) is 0 Å². The summed E-state index contributed by atoms with van der Waals surface area (Å²) < 4.78 is 6.03. The summed E-state index contributed by atoms with van der Waals surface area (Å²) in [4.78, 5) is 13.5. The van der Waals surface area contributed by atoms with Crippen molar-refractivity contribution in [3.8, 4) is 11.8 Å². The average Bonchev–Trinajstić information content (AvgIpc) is 2.67. The number of hydrogen-bond donors (Lipinski definition) is 2. The van der Waals surface area contributed by atoms with Crippen LogP contribution in [0.5, 0.6) is 5.75 Å². The number of fused-ring (bicyclic) bond motifs is 1. The SMILES string of the molecule is CC(=O)/C=C(\N)CN(c1ccccc1)[C@H]1c2cc(C#N)ccc2OC(C)(C)[C@@H]1O. The van der Waals surface area contributed by atoms with Crippen LogP contribution in [0.25, 0.3) is 0 Å². The highest BCUT2D eigenvalue weighted by molar-refractivity contribution is 5.88. The first-order chi connectivity index (χ1) is 13.7. The number of benzene rings is 2. The molecule has 0 bridgehead atoms. The van der Waals surface area contributed by atoms with Crippen LogP contribution in [0.2, 0.25) is 0 Å². The average molecular weight is 391 g/mol. The standard InChI is InChI=1S/C23H25N3O3/c1-15(27)11-17(25)14-26(18-7-5-4-6-8-18)21-19-12-16(13-24)9-10-20(19)29-23(2,3)22(21)28/h4-12,21-22,28H,14,25H2,1-3H3/b17-11-/t21-,22+/m0/s1. The summed E-state index contributed by atoms with van der Waals surface area (Å²) >= 11 is 0. The normalized spacial score (nSPS) is 20.2. The first-order valence-electron chi connectivity index (χ1n) is 9.42. The highest BCUT2D eigenvalue weighted by atomic mass is 16.5. The van der Waals surface area contributed by atoms with E-state index >= 15 is 0 Å². The second kappa shape index (κ2) is 7.98. The van der Waals surface area contributed by atoms with Crippen molar-refractivity contribution in [2.24, 2.45) is 5.73 Å². The molecule has 2 atom stereocenters. The van der Waals surface area contributed by atoms with Gasteiger partial charge in [0.15, 0.2) is 5.78 Å². The number of anilines is 1. The van der Waals surface area contributed by atoms with Gasteiger partial charge in [-0.25, -0.2) is 0 Å². The fraction of sp³-hybridized carbons (Fsp3) is 0.304. The molecule has 1 aliphatic heterocycles. The minimum absolute atomic E-state index is 0.143. The molecule has 29 heavy (non-hydrogen) atoms. The summed E-state index contributed by atoms with van der Waals surface area (Å²) in [6.45, 7) is 5.33. The lowest BCUT2D eigenvalue weighted by molar-refractivity contribution is -0.112. The third kappa shape index (κ3) is 4.25. The number of para-hydroxylation sites is 1. The molecule has 0 saturated heterocycles. The van der Waals surface area contributed by atoms with Crippen LogP contribution in [0.1, 0.15) is 37.9 Å². The number of nitrogens with two attached hydrogens (primary N) is 1. The van der Waals surface area contributed by atoms with E-state index in [1.807, 2.05) is 49.1 Å². The maximum absolute atomic E-state index is 11.5. The van der Waals surface area contributed by atoms with E-state index in [0.29, 0.717) is 22.6 Å². The number of ketones is 1. The predicted molar refractivity (Wildman–Crippen MR) is 111 cm³/mol. The molecule has 0 aromatic heterocycles. The van der Waals surface area contributed by atoms with Crippen molar-refractivity contribution in [2.75, 3.05) is 11.4 Å². The topological polar surface area (TPSA) is 99.6 Å². The smallest absolute Gasteiger partial charge is 0.154 e. The molecule has 0 unspecified atom stereocenters.